The molecule has 2 unspecified atom stereocenters. The van der Waals surface area contributed by atoms with Gasteiger partial charge >= 0.3 is 0 Å². The van der Waals surface area contributed by atoms with Crippen LogP contribution in [0.3, 0.4) is 0 Å². The van der Waals surface area contributed by atoms with E-state index in [1.807, 2.05) is 31.2 Å². The van der Waals surface area contributed by atoms with Crippen LogP contribution in [0.15, 0.2) is 30.5 Å². The van der Waals surface area contributed by atoms with Crippen LogP contribution in [0, 0.1) is 0 Å². The highest BCUT2D eigenvalue weighted by Gasteiger charge is 2.20. The van der Waals surface area contributed by atoms with Gasteiger partial charge in [-0.15, -0.1) is 0 Å². The first-order valence-corrected chi connectivity index (χ1v) is 6.14. The normalized spacial score (nSPS) is 14.3. The molecule has 0 aliphatic heterocycles. The van der Waals surface area contributed by atoms with Crippen molar-refractivity contribution in [2.75, 3.05) is 5.73 Å². The van der Waals surface area contributed by atoms with Crippen LogP contribution in [0.1, 0.15) is 24.3 Å². The lowest BCUT2D eigenvalue weighted by Gasteiger charge is -2.19. The Morgan fingerprint density at radius 3 is 2.79 bits per heavy atom. The highest BCUT2D eigenvalue weighted by Crippen LogP contribution is 2.20. The summed E-state index contributed by atoms with van der Waals surface area (Å²) in [5.41, 5.74) is 14.1. The first-order valence-electron chi connectivity index (χ1n) is 6.14. The molecule has 0 radical (unpaired) electrons. The average Bonchev–Trinajstić information content (AvgIpc) is 2.76. The molecule has 1 aromatic heterocycles. The van der Waals surface area contributed by atoms with Gasteiger partial charge in [0.1, 0.15) is 11.8 Å². The average molecular weight is 261 g/mol. The summed E-state index contributed by atoms with van der Waals surface area (Å²) in [6, 6.07) is 7.42. The number of rotatable bonds is 5. The number of aromatic nitrogens is 3. The number of hydrogen-bond acceptors (Lipinski definition) is 5. The molecule has 4 N–H and O–H groups in total. The summed E-state index contributed by atoms with van der Waals surface area (Å²) in [5, 5.41) is 8.28. The molecule has 6 nitrogen and oxygen atoms in total. The van der Waals surface area contributed by atoms with Crippen LogP contribution >= 0.6 is 0 Å². The van der Waals surface area contributed by atoms with Crippen molar-refractivity contribution in [1.82, 2.24) is 15.0 Å². The fraction of sp³-hybridized carbons (Fsp3) is 0.385. The summed E-state index contributed by atoms with van der Waals surface area (Å²) in [7, 11) is 1.76. The van der Waals surface area contributed by atoms with E-state index in [4.69, 9.17) is 16.2 Å². The molecule has 0 saturated heterocycles. The monoisotopic (exact) mass is 261 g/mol. The van der Waals surface area contributed by atoms with Gasteiger partial charge in [-0.3, -0.25) is 0 Å². The number of benzene rings is 1. The van der Waals surface area contributed by atoms with Crippen LogP contribution in [0.25, 0.3) is 0 Å². The Morgan fingerprint density at radius 2 is 2.21 bits per heavy atom. The van der Waals surface area contributed by atoms with Gasteiger partial charge in [0.15, 0.2) is 0 Å². The van der Waals surface area contributed by atoms with Crippen LogP contribution in [-0.4, -0.2) is 21.0 Å². The Bertz CT molecular complexity index is 537. The lowest BCUT2D eigenvalue weighted by atomic mass is 10.1. The zero-order chi connectivity index (χ0) is 13.8. The predicted octanol–water partition coefficient (Wildman–Crippen LogP) is 1.00. The third kappa shape index (κ3) is 3.52. The minimum absolute atomic E-state index is 0.169. The molecule has 1 heterocycles. The number of anilines is 1. The van der Waals surface area contributed by atoms with Gasteiger partial charge in [0.2, 0.25) is 0 Å². The number of nitrogens with two attached hydrogens (primary N) is 2. The van der Waals surface area contributed by atoms with Crippen molar-refractivity contribution in [1.29, 1.82) is 0 Å². The van der Waals surface area contributed by atoms with Gasteiger partial charge in [-0.05, 0) is 24.6 Å². The first-order chi connectivity index (χ1) is 9.06. The number of nitrogens with zero attached hydrogens (tertiary/aromatic N) is 3. The number of ether oxygens (including phenoxy) is 1. The second-order valence-corrected chi connectivity index (χ2v) is 4.59. The molecule has 102 valence electrons. The fourth-order valence-electron chi connectivity index (χ4n) is 1.87. The van der Waals surface area contributed by atoms with E-state index in [-0.39, 0.29) is 12.1 Å². The summed E-state index contributed by atoms with van der Waals surface area (Å²) in [6.07, 6.45) is 1.39. The Labute approximate surface area is 112 Å². The standard InChI is InChI=1S/C13H19N5O/c1-9(14)13(12-7-16-18(2)17-12)19-8-10-4-3-5-11(15)6-10/h3-7,9,13H,8,14-15H2,1-2H3. The summed E-state index contributed by atoms with van der Waals surface area (Å²) < 4.78 is 5.85. The molecule has 0 amide bonds. The molecule has 6 heteroatoms. The van der Waals surface area contributed by atoms with Crippen LogP contribution in [-0.2, 0) is 18.4 Å². The third-order valence-electron chi connectivity index (χ3n) is 2.77. The molecule has 19 heavy (non-hydrogen) atoms. The third-order valence-corrected chi connectivity index (χ3v) is 2.77. The van der Waals surface area contributed by atoms with Gasteiger partial charge in [-0.2, -0.15) is 15.0 Å². The quantitative estimate of drug-likeness (QED) is 0.783. The van der Waals surface area contributed by atoms with Gasteiger partial charge < -0.3 is 16.2 Å². The van der Waals surface area contributed by atoms with Gasteiger partial charge in [-0.25, -0.2) is 0 Å². The van der Waals surface area contributed by atoms with Crippen molar-refractivity contribution >= 4 is 5.69 Å². The van der Waals surface area contributed by atoms with Crippen molar-refractivity contribution < 1.29 is 4.74 Å². The molecule has 0 spiro atoms. The first kappa shape index (κ1) is 13.5. The van der Waals surface area contributed by atoms with E-state index in [0.717, 1.165) is 16.9 Å². The number of aryl methyl sites for hydroxylation is 1. The Morgan fingerprint density at radius 1 is 1.42 bits per heavy atom. The van der Waals surface area contributed by atoms with E-state index in [1.54, 1.807) is 13.2 Å². The second-order valence-electron chi connectivity index (χ2n) is 4.59. The van der Waals surface area contributed by atoms with Crippen LogP contribution < -0.4 is 11.5 Å². The summed E-state index contributed by atoms with van der Waals surface area (Å²) in [6.45, 7) is 2.33. The second kappa shape index (κ2) is 5.81. The molecule has 0 aliphatic rings. The smallest absolute Gasteiger partial charge is 0.118 e. The molecule has 2 rings (SSSR count). The Balaban J connectivity index is 2.06. The zero-order valence-electron chi connectivity index (χ0n) is 11.2. The van der Waals surface area contributed by atoms with Gasteiger partial charge in [0.05, 0.1) is 12.8 Å². The van der Waals surface area contributed by atoms with E-state index in [0.29, 0.717) is 6.61 Å². The van der Waals surface area contributed by atoms with E-state index in [1.165, 1.54) is 4.80 Å². The summed E-state index contributed by atoms with van der Waals surface area (Å²) in [4.78, 5) is 1.49. The van der Waals surface area contributed by atoms with Crippen molar-refractivity contribution in [3.05, 3.63) is 41.7 Å². The maximum Gasteiger partial charge on any atom is 0.118 e. The van der Waals surface area contributed by atoms with Gasteiger partial charge in [-0.1, -0.05) is 12.1 Å². The number of hydrogen-bond donors (Lipinski definition) is 2. The molecule has 0 aliphatic carbocycles. The lowest BCUT2D eigenvalue weighted by molar-refractivity contribution is 0.0228. The minimum Gasteiger partial charge on any atom is -0.399 e. The van der Waals surface area contributed by atoms with Crippen molar-refractivity contribution in [3.63, 3.8) is 0 Å². The summed E-state index contributed by atoms with van der Waals surface area (Å²) >= 11 is 0. The molecular weight excluding hydrogens is 242 g/mol. The largest absolute Gasteiger partial charge is 0.399 e. The van der Waals surface area contributed by atoms with Crippen molar-refractivity contribution in [2.45, 2.75) is 25.7 Å². The SMILES string of the molecule is CC(N)C(OCc1cccc(N)c1)c1cnn(C)n1. The van der Waals surface area contributed by atoms with E-state index < -0.39 is 0 Å². The number of nitrogen functional groups attached to an aromatic ring is 1. The molecule has 0 bridgehead atoms. The molecule has 0 saturated carbocycles. The summed E-state index contributed by atoms with van der Waals surface area (Å²) in [5.74, 6) is 0. The fourth-order valence-corrected chi connectivity index (χ4v) is 1.87. The van der Waals surface area contributed by atoms with E-state index in [9.17, 15) is 0 Å². The van der Waals surface area contributed by atoms with E-state index in [2.05, 4.69) is 10.2 Å². The van der Waals surface area contributed by atoms with Crippen molar-refractivity contribution in [2.24, 2.45) is 12.8 Å². The lowest BCUT2D eigenvalue weighted by Crippen LogP contribution is -2.27. The molecular formula is C13H19N5O. The van der Waals surface area contributed by atoms with Crippen LogP contribution in [0.4, 0.5) is 5.69 Å². The molecule has 2 aromatic rings. The highest BCUT2D eigenvalue weighted by molar-refractivity contribution is 5.40. The minimum atomic E-state index is -0.282. The van der Waals surface area contributed by atoms with Crippen LogP contribution in [0.2, 0.25) is 0 Å². The zero-order valence-corrected chi connectivity index (χ0v) is 11.2. The maximum absolute atomic E-state index is 5.95. The maximum atomic E-state index is 5.95. The van der Waals surface area contributed by atoms with Gasteiger partial charge in [0.25, 0.3) is 0 Å². The molecule has 2 atom stereocenters. The van der Waals surface area contributed by atoms with Crippen molar-refractivity contribution in [3.8, 4) is 0 Å². The molecule has 0 fully saturated rings. The Kier molecular flexibility index (Phi) is 4.13. The Hall–Kier alpha value is -1.92. The van der Waals surface area contributed by atoms with Gasteiger partial charge in [0, 0.05) is 18.8 Å². The predicted molar refractivity (Wildman–Crippen MR) is 73.0 cm³/mol. The topological polar surface area (TPSA) is 92.0 Å². The van der Waals surface area contributed by atoms with Crippen LogP contribution in [0.5, 0.6) is 0 Å². The molecule has 1 aromatic carbocycles. The van der Waals surface area contributed by atoms with E-state index >= 15 is 0 Å². The highest BCUT2D eigenvalue weighted by atomic mass is 16.5.